The van der Waals surface area contributed by atoms with Gasteiger partial charge >= 0.3 is 0 Å². The molecule has 0 fully saturated rings. The highest BCUT2D eigenvalue weighted by molar-refractivity contribution is 6.15. The summed E-state index contributed by atoms with van der Waals surface area (Å²) in [5.74, 6) is 0. The zero-order valence-electron chi connectivity index (χ0n) is 22.4. The molecule has 0 radical (unpaired) electrons. The molecule has 2 heterocycles. The molecule has 8 rings (SSSR count). The minimum absolute atomic E-state index is 1.13. The monoisotopic (exact) mass is 522 g/mol. The molecule has 7 aromatic rings. The van der Waals surface area contributed by atoms with Gasteiger partial charge in [0.1, 0.15) is 0 Å². The second-order valence-corrected chi connectivity index (χ2v) is 10.5. The van der Waals surface area contributed by atoms with E-state index in [1.54, 1.807) is 0 Å². The number of aromatic nitrogens is 1. The highest BCUT2D eigenvalue weighted by Crippen LogP contribution is 2.51. The van der Waals surface area contributed by atoms with Crippen LogP contribution in [-0.2, 0) is 0 Å². The van der Waals surface area contributed by atoms with Crippen LogP contribution in [0.2, 0.25) is 0 Å². The van der Waals surface area contributed by atoms with Crippen LogP contribution in [0.15, 0.2) is 158 Å². The maximum Gasteiger partial charge on any atom is 0.0571 e. The average molecular weight is 523 g/mol. The molecule has 1 aliphatic rings. The molecule has 2 nitrogen and oxygen atoms in total. The Hall–Kier alpha value is -5.47. The number of pyridine rings is 1. The molecule has 0 N–H and O–H groups in total. The van der Waals surface area contributed by atoms with E-state index < -0.39 is 0 Å². The van der Waals surface area contributed by atoms with E-state index in [-0.39, 0.29) is 0 Å². The van der Waals surface area contributed by atoms with Crippen LogP contribution in [0, 0.1) is 0 Å². The fourth-order valence-electron chi connectivity index (χ4n) is 6.14. The second kappa shape index (κ2) is 9.62. The predicted molar refractivity (Wildman–Crippen MR) is 172 cm³/mol. The van der Waals surface area contributed by atoms with Gasteiger partial charge in [0.15, 0.2) is 0 Å². The number of hydrogen-bond acceptors (Lipinski definition) is 2. The van der Waals surface area contributed by atoms with Crippen LogP contribution < -0.4 is 4.90 Å². The number of hydrogen-bond donors (Lipinski definition) is 0. The second-order valence-electron chi connectivity index (χ2n) is 10.5. The normalized spacial score (nSPS) is 11.9. The number of rotatable bonds is 4. The van der Waals surface area contributed by atoms with Crippen molar-refractivity contribution in [3.05, 3.63) is 158 Å². The maximum atomic E-state index is 4.57. The lowest BCUT2D eigenvalue weighted by Gasteiger charge is -2.33. The van der Waals surface area contributed by atoms with E-state index in [0.717, 1.165) is 16.9 Å². The number of nitrogens with zero attached hydrogens (tertiary/aromatic N) is 2. The number of anilines is 3. The van der Waals surface area contributed by atoms with Crippen molar-refractivity contribution in [1.82, 2.24) is 4.98 Å². The van der Waals surface area contributed by atoms with Crippen LogP contribution in [-0.4, -0.2) is 4.98 Å². The molecule has 2 heteroatoms. The van der Waals surface area contributed by atoms with E-state index in [4.69, 9.17) is 0 Å². The SMILES string of the molecule is c1ccc(-c2cccc(-c3cccc(N4c5ccncc5-c5cc(-c6ccccc6)cc6cccc4c56)c3)c2)cc1. The Morgan fingerprint density at radius 1 is 0.415 bits per heavy atom. The Morgan fingerprint density at radius 2 is 1.05 bits per heavy atom. The molecule has 6 aromatic carbocycles. The van der Waals surface area contributed by atoms with E-state index in [1.165, 1.54) is 55.4 Å². The smallest absolute Gasteiger partial charge is 0.0571 e. The van der Waals surface area contributed by atoms with E-state index in [1.807, 2.05) is 12.4 Å². The van der Waals surface area contributed by atoms with Gasteiger partial charge in [-0.3, -0.25) is 4.98 Å². The molecule has 41 heavy (non-hydrogen) atoms. The molecule has 0 amide bonds. The van der Waals surface area contributed by atoms with E-state index in [9.17, 15) is 0 Å². The first kappa shape index (κ1) is 23.4. The summed E-state index contributed by atoms with van der Waals surface area (Å²) in [4.78, 5) is 6.95. The summed E-state index contributed by atoms with van der Waals surface area (Å²) in [6, 6.07) is 52.2. The Bertz CT molecular complexity index is 2040. The zero-order chi connectivity index (χ0) is 27.2. The summed E-state index contributed by atoms with van der Waals surface area (Å²) in [6.45, 7) is 0. The van der Waals surface area contributed by atoms with E-state index in [2.05, 4.69) is 155 Å². The van der Waals surface area contributed by atoms with Crippen molar-refractivity contribution in [2.45, 2.75) is 0 Å². The standard InChI is InChI=1S/C39H26N2/c1-3-10-27(11-4-1)29-14-7-15-30(22-29)31-16-8-18-34(24-31)41-37-20-21-40-26-36(37)35-25-33(28-12-5-2-6-13-28)23-32-17-9-19-38(41)39(32)35/h1-26H. The molecule has 1 aromatic heterocycles. The van der Waals surface area contributed by atoms with Crippen molar-refractivity contribution in [3.8, 4) is 44.5 Å². The van der Waals surface area contributed by atoms with Crippen LogP contribution in [0.1, 0.15) is 0 Å². The highest BCUT2D eigenvalue weighted by atomic mass is 15.2. The number of fused-ring (bicyclic) bond motifs is 2. The van der Waals surface area contributed by atoms with Crippen molar-refractivity contribution in [1.29, 1.82) is 0 Å². The summed E-state index contributed by atoms with van der Waals surface area (Å²) in [5, 5.41) is 2.48. The fraction of sp³-hybridized carbons (Fsp3) is 0. The lowest BCUT2D eigenvalue weighted by Crippen LogP contribution is -2.15. The lowest BCUT2D eigenvalue weighted by molar-refractivity contribution is 1.24. The molecule has 0 atom stereocenters. The highest BCUT2D eigenvalue weighted by Gasteiger charge is 2.26. The minimum Gasteiger partial charge on any atom is -0.309 e. The van der Waals surface area contributed by atoms with Gasteiger partial charge in [0.05, 0.1) is 11.4 Å². The molecule has 0 spiro atoms. The molecule has 0 bridgehead atoms. The summed E-state index contributed by atoms with van der Waals surface area (Å²) in [7, 11) is 0. The van der Waals surface area contributed by atoms with Gasteiger partial charge in [0, 0.05) is 29.0 Å². The first-order chi connectivity index (χ1) is 20.3. The van der Waals surface area contributed by atoms with Gasteiger partial charge in [0.2, 0.25) is 0 Å². The Kier molecular flexibility index (Phi) is 5.49. The quantitative estimate of drug-likeness (QED) is 0.228. The number of benzene rings is 6. The van der Waals surface area contributed by atoms with Crippen molar-refractivity contribution < 1.29 is 0 Å². The molecule has 192 valence electrons. The van der Waals surface area contributed by atoms with E-state index in [0.29, 0.717) is 0 Å². The molecule has 1 aliphatic heterocycles. The van der Waals surface area contributed by atoms with Crippen LogP contribution in [0.5, 0.6) is 0 Å². The Labute approximate surface area is 239 Å². The molecule has 0 unspecified atom stereocenters. The van der Waals surface area contributed by atoms with Crippen LogP contribution >= 0.6 is 0 Å². The fourth-order valence-corrected chi connectivity index (χ4v) is 6.14. The summed E-state index contributed by atoms with van der Waals surface area (Å²) in [6.07, 6.45) is 3.90. The predicted octanol–water partition coefficient (Wildman–Crippen LogP) is 10.7. The van der Waals surface area contributed by atoms with Gasteiger partial charge in [-0.2, -0.15) is 0 Å². The van der Waals surface area contributed by atoms with Crippen molar-refractivity contribution in [2.24, 2.45) is 0 Å². The van der Waals surface area contributed by atoms with Gasteiger partial charge in [0.25, 0.3) is 0 Å². The minimum atomic E-state index is 1.13. The van der Waals surface area contributed by atoms with Crippen molar-refractivity contribution in [3.63, 3.8) is 0 Å². The van der Waals surface area contributed by atoms with Gasteiger partial charge in [-0.15, -0.1) is 0 Å². The Morgan fingerprint density at radius 3 is 1.83 bits per heavy atom. The third-order valence-corrected chi connectivity index (χ3v) is 8.04. The van der Waals surface area contributed by atoms with Gasteiger partial charge in [-0.1, -0.05) is 103 Å². The van der Waals surface area contributed by atoms with E-state index >= 15 is 0 Å². The van der Waals surface area contributed by atoms with Crippen LogP contribution in [0.25, 0.3) is 55.3 Å². The zero-order valence-corrected chi connectivity index (χ0v) is 22.4. The third-order valence-electron chi connectivity index (χ3n) is 8.04. The summed E-state index contributed by atoms with van der Waals surface area (Å²) >= 11 is 0. The first-order valence-electron chi connectivity index (χ1n) is 14.0. The van der Waals surface area contributed by atoms with Crippen LogP contribution in [0.4, 0.5) is 17.1 Å². The van der Waals surface area contributed by atoms with Crippen LogP contribution in [0.3, 0.4) is 0 Å². The molecule has 0 saturated carbocycles. The third kappa shape index (κ3) is 4.00. The Balaban J connectivity index is 1.30. The molecule has 0 saturated heterocycles. The van der Waals surface area contributed by atoms with Crippen molar-refractivity contribution in [2.75, 3.05) is 4.90 Å². The largest absolute Gasteiger partial charge is 0.309 e. The lowest BCUT2D eigenvalue weighted by atomic mass is 9.88. The molecule has 0 aliphatic carbocycles. The molecular formula is C39H26N2. The summed E-state index contributed by atoms with van der Waals surface area (Å²) in [5.41, 5.74) is 13.1. The maximum absolute atomic E-state index is 4.57. The summed E-state index contributed by atoms with van der Waals surface area (Å²) < 4.78 is 0. The van der Waals surface area contributed by atoms with Crippen molar-refractivity contribution >= 4 is 27.8 Å². The average Bonchev–Trinajstić information content (AvgIpc) is 3.06. The van der Waals surface area contributed by atoms with Gasteiger partial charge in [-0.05, 0) is 86.8 Å². The molecular weight excluding hydrogens is 496 g/mol. The van der Waals surface area contributed by atoms with Gasteiger partial charge < -0.3 is 4.90 Å². The topological polar surface area (TPSA) is 16.1 Å². The van der Waals surface area contributed by atoms with Gasteiger partial charge in [-0.25, -0.2) is 0 Å². The first-order valence-corrected chi connectivity index (χ1v) is 14.0.